The number of anilines is 1. The van der Waals surface area contributed by atoms with Gasteiger partial charge in [0.2, 0.25) is 0 Å². The van der Waals surface area contributed by atoms with Crippen molar-refractivity contribution in [3.63, 3.8) is 0 Å². The van der Waals surface area contributed by atoms with Gasteiger partial charge in [-0.05, 0) is 40.8 Å². The van der Waals surface area contributed by atoms with Gasteiger partial charge in [-0.2, -0.15) is 4.68 Å². The molecular weight excluding hydrogens is 289 g/mol. The molecule has 0 aliphatic carbocycles. The Morgan fingerprint density at radius 3 is 2.82 bits per heavy atom. The molecule has 0 saturated heterocycles. The first-order chi connectivity index (χ1) is 10.6. The van der Waals surface area contributed by atoms with E-state index in [4.69, 9.17) is 0 Å². The summed E-state index contributed by atoms with van der Waals surface area (Å²) in [5.41, 5.74) is 0.789. The Balaban J connectivity index is 1.97. The van der Waals surface area contributed by atoms with Crippen LogP contribution in [0.2, 0.25) is 0 Å². The highest BCUT2D eigenvalue weighted by Gasteiger charge is 2.15. The summed E-state index contributed by atoms with van der Waals surface area (Å²) >= 11 is 0. The fourth-order valence-corrected chi connectivity index (χ4v) is 1.94. The first-order valence-corrected chi connectivity index (χ1v) is 6.27. The van der Waals surface area contributed by atoms with Crippen LogP contribution >= 0.6 is 0 Å². The zero-order valence-corrected chi connectivity index (χ0v) is 11.1. The Bertz CT molecular complexity index is 820. The molecule has 0 unspecified atom stereocenters. The molecule has 0 aliphatic heterocycles. The van der Waals surface area contributed by atoms with Gasteiger partial charge in [0.15, 0.2) is 0 Å². The molecule has 0 aliphatic rings. The predicted molar refractivity (Wildman–Crippen MR) is 75.2 cm³/mol. The molecule has 110 valence electrons. The summed E-state index contributed by atoms with van der Waals surface area (Å²) in [6, 6.07) is 9.75. The van der Waals surface area contributed by atoms with Crippen LogP contribution in [-0.4, -0.2) is 31.2 Å². The lowest BCUT2D eigenvalue weighted by atomic mass is 10.1. The standard InChI is InChI=1S/C14H10FN5O2/c15-9-4-5-13(20-8-16-18-19-20)12(6-9)14(22)17-10-2-1-3-11(21)7-10/h1-8,21H,(H,17,22). The van der Waals surface area contributed by atoms with Gasteiger partial charge in [0, 0.05) is 11.8 Å². The molecule has 2 N–H and O–H groups in total. The number of amides is 1. The van der Waals surface area contributed by atoms with Gasteiger partial charge < -0.3 is 10.4 Å². The number of phenolic OH excluding ortho intramolecular Hbond substituents is 1. The average molecular weight is 299 g/mol. The van der Waals surface area contributed by atoms with Crippen LogP contribution in [0.25, 0.3) is 5.69 Å². The lowest BCUT2D eigenvalue weighted by Gasteiger charge is -2.10. The van der Waals surface area contributed by atoms with E-state index in [1.165, 1.54) is 35.3 Å². The van der Waals surface area contributed by atoms with Gasteiger partial charge in [0.05, 0.1) is 11.3 Å². The summed E-state index contributed by atoms with van der Waals surface area (Å²) in [5.74, 6) is -1.09. The number of hydrogen-bond donors (Lipinski definition) is 2. The van der Waals surface area contributed by atoms with E-state index in [1.54, 1.807) is 12.1 Å². The van der Waals surface area contributed by atoms with Crippen LogP contribution in [0.4, 0.5) is 10.1 Å². The Kier molecular flexibility index (Phi) is 3.48. The smallest absolute Gasteiger partial charge is 0.257 e. The molecule has 3 aromatic rings. The third-order valence-corrected chi connectivity index (χ3v) is 2.90. The van der Waals surface area contributed by atoms with E-state index in [0.29, 0.717) is 11.4 Å². The van der Waals surface area contributed by atoms with Crippen LogP contribution in [-0.2, 0) is 0 Å². The Morgan fingerprint density at radius 2 is 2.09 bits per heavy atom. The maximum absolute atomic E-state index is 13.5. The molecule has 3 rings (SSSR count). The number of carbonyl (C=O) groups excluding carboxylic acids is 1. The number of carbonyl (C=O) groups is 1. The number of aromatic hydroxyl groups is 1. The van der Waals surface area contributed by atoms with Crippen molar-refractivity contribution in [2.24, 2.45) is 0 Å². The monoisotopic (exact) mass is 299 g/mol. The van der Waals surface area contributed by atoms with Gasteiger partial charge in [0.25, 0.3) is 5.91 Å². The second-order valence-corrected chi connectivity index (χ2v) is 4.42. The normalized spacial score (nSPS) is 10.4. The van der Waals surface area contributed by atoms with E-state index in [1.807, 2.05) is 0 Å². The van der Waals surface area contributed by atoms with Crippen LogP contribution in [0.1, 0.15) is 10.4 Å². The Labute approximate surface area is 124 Å². The highest BCUT2D eigenvalue weighted by molar-refractivity contribution is 6.06. The highest BCUT2D eigenvalue weighted by atomic mass is 19.1. The molecule has 22 heavy (non-hydrogen) atoms. The number of phenols is 1. The number of nitrogens with one attached hydrogen (secondary N) is 1. The molecule has 0 bridgehead atoms. The van der Waals surface area contributed by atoms with Crippen molar-refractivity contribution in [3.05, 3.63) is 60.2 Å². The molecule has 8 heteroatoms. The fraction of sp³-hybridized carbons (Fsp3) is 0. The number of aromatic nitrogens is 4. The second kappa shape index (κ2) is 5.60. The van der Waals surface area contributed by atoms with Gasteiger partial charge >= 0.3 is 0 Å². The third-order valence-electron chi connectivity index (χ3n) is 2.90. The van der Waals surface area contributed by atoms with Gasteiger partial charge in [0.1, 0.15) is 17.9 Å². The van der Waals surface area contributed by atoms with Gasteiger partial charge in [-0.3, -0.25) is 4.79 Å². The SMILES string of the molecule is O=C(Nc1cccc(O)c1)c1cc(F)ccc1-n1cnnn1. The first-order valence-electron chi connectivity index (χ1n) is 6.27. The van der Waals surface area contributed by atoms with Crippen molar-refractivity contribution < 1.29 is 14.3 Å². The Hall–Kier alpha value is -3.29. The summed E-state index contributed by atoms with van der Waals surface area (Å²) < 4.78 is 14.7. The van der Waals surface area contributed by atoms with Crippen LogP contribution in [0.15, 0.2) is 48.8 Å². The number of hydrogen-bond acceptors (Lipinski definition) is 5. The largest absolute Gasteiger partial charge is 0.508 e. The van der Waals surface area contributed by atoms with Crippen molar-refractivity contribution in [2.75, 3.05) is 5.32 Å². The zero-order valence-electron chi connectivity index (χ0n) is 11.1. The molecule has 1 amide bonds. The number of halogens is 1. The number of nitrogens with zero attached hydrogens (tertiary/aromatic N) is 4. The van der Waals surface area contributed by atoms with Gasteiger partial charge in [-0.15, -0.1) is 5.10 Å². The van der Waals surface area contributed by atoms with Crippen molar-refractivity contribution >= 4 is 11.6 Å². The minimum Gasteiger partial charge on any atom is -0.508 e. The fourth-order valence-electron chi connectivity index (χ4n) is 1.94. The highest BCUT2D eigenvalue weighted by Crippen LogP contribution is 2.19. The molecule has 0 saturated carbocycles. The van der Waals surface area contributed by atoms with E-state index < -0.39 is 11.7 Å². The molecule has 1 aromatic heterocycles. The molecule has 0 spiro atoms. The van der Waals surface area contributed by atoms with Crippen LogP contribution in [0.3, 0.4) is 0 Å². The summed E-state index contributed by atoms with van der Waals surface area (Å²) in [6.07, 6.45) is 1.30. The second-order valence-electron chi connectivity index (χ2n) is 4.42. The van der Waals surface area contributed by atoms with E-state index >= 15 is 0 Å². The number of benzene rings is 2. The quantitative estimate of drug-likeness (QED) is 0.768. The molecular formula is C14H10FN5O2. The molecule has 0 radical (unpaired) electrons. The van der Waals surface area contributed by atoms with Gasteiger partial charge in [-0.1, -0.05) is 6.07 Å². The lowest BCUT2D eigenvalue weighted by molar-refractivity contribution is 0.102. The summed E-state index contributed by atoms with van der Waals surface area (Å²) in [5, 5.41) is 22.7. The zero-order chi connectivity index (χ0) is 15.5. The predicted octanol–water partition coefficient (Wildman–Crippen LogP) is 1.76. The molecule has 2 aromatic carbocycles. The summed E-state index contributed by atoms with van der Waals surface area (Å²) in [4.78, 5) is 12.4. The molecule has 1 heterocycles. The summed E-state index contributed by atoms with van der Waals surface area (Å²) in [7, 11) is 0. The lowest BCUT2D eigenvalue weighted by Crippen LogP contribution is -2.15. The molecule has 0 fully saturated rings. The average Bonchev–Trinajstić information content (AvgIpc) is 3.01. The van der Waals surface area contributed by atoms with Gasteiger partial charge in [-0.25, -0.2) is 4.39 Å². The number of tetrazole rings is 1. The van der Waals surface area contributed by atoms with Crippen molar-refractivity contribution in [1.29, 1.82) is 0 Å². The molecule has 0 atom stereocenters. The van der Waals surface area contributed by atoms with E-state index in [-0.39, 0.29) is 11.3 Å². The van der Waals surface area contributed by atoms with Crippen LogP contribution in [0.5, 0.6) is 5.75 Å². The van der Waals surface area contributed by atoms with Crippen molar-refractivity contribution in [3.8, 4) is 11.4 Å². The minimum absolute atomic E-state index is 0.0118. The van der Waals surface area contributed by atoms with E-state index in [9.17, 15) is 14.3 Å². The van der Waals surface area contributed by atoms with Crippen molar-refractivity contribution in [1.82, 2.24) is 20.2 Å². The third kappa shape index (κ3) is 2.75. The van der Waals surface area contributed by atoms with Crippen LogP contribution < -0.4 is 5.32 Å². The van der Waals surface area contributed by atoms with Crippen molar-refractivity contribution in [2.45, 2.75) is 0 Å². The maximum Gasteiger partial charge on any atom is 0.257 e. The number of rotatable bonds is 3. The minimum atomic E-state index is -0.558. The van der Waals surface area contributed by atoms with Crippen LogP contribution in [0, 0.1) is 5.82 Å². The summed E-state index contributed by atoms with van der Waals surface area (Å²) in [6.45, 7) is 0. The van der Waals surface area contributed by atoms with E-state index in [2.05, 4.69) is 20.8 Å². The van der Waals surface area contributed by atoms with E-state index in [0.717, 1.165) is 6.07 Å². The first kappa shape index (κ1) is 13.7. The topological polar surface area (TPSA) is 92.9 Å². The molecule has 7 nitrogen and oxygen atoms in total. The maximum atomic E-state index is 13.5. The Morgan fingerprint density at radius 1 is 1.23 bits per heavy atom.